The van der Waals surface area contributed by atoms with Crippen LogP contribution in [0.3, 0.4) is 0 Å². The highest BCUT2D eigenvalue weighted by Gasteiger charge is 2.27. The summed E-state index contributed by atoms with van der Waals surface area (Å²) in [4.78, 5) is 0. The SMILES string of the molecule is C1CCC2CCCC2CC1.C=CC.CC. The largest absolute Gasteiger partial charge is 0.103 e. The van der Waals surface area contributed by atoms with Crippen molar-refractivity contribution in [3.05, 3.63) is 12.7 Å². The molecule has 0 aromatic carbocycles. The Hall–Kier alpha value is -0.260. The van der Waals surface area contributed by atoms with Gasteiger partial charge in [-0.2, -0.15) is 0 Å². The standard InChI is InChI=1S/C10H18.C3H6.C2H6/c1-2-5-9-7-4-8-10(9)6-3-1;1-3-2;1-2/h9-10H,1-8H2;3H,1H2,2H3;1-2H3. The molecule has 2 aliphatic carbocycles. The third kappa shape index (κ3) is 6.02. The zero-order valence-electron chi connectivity index (χ0n) is 11.1. The molecule has 0 bridgehead atoms. The first-order valence-corrected chi connectivity index (χ1v) is 6.95. The van der Waals surface area contributed by atoms with Crippen LogP contribution in [0.1, 0.15) is 72.1 Å². The molecule has 2 atom stereocenters. The van der Waals surface area contributed by atoms with E-state index >= 15 is 0 Å². The van der Waals surface area contributed by atoms with Crippen molar-refractivity contribution in [2.75, 3.05) is 0 Å². The van der Waals surface area contributed by atoms with Crippen molar-refractivity contribution in [2.45, 2.75) is 72.1 Å². The smallest absolute Gasteiger partial charge is 0.0386 e. The molecule has 2 unspecified atom stereocenters. The van der Waals surface area contributed by atoms with Crippen molar-refractivity contribution in [2.24, 2.45) is 11.8 Å². The molecule has 2 aliphatic rings. The Labute approximate surface area is 97.2 Å². The van der Waals surface area contributed by atoms with Crippen molar-refractivity contribution in [1.82, 2.24) is 0 Å². The van der Waals surface area contributed by atoms with E-state index in [0.717, 1.165) is 11.8 Å². The van der Waals surface area contributed by atoms with Crippen LogP contribution in [0.2, 0.25) is 0 Å². The highest BCUT2D eigenvalue weighted by atomic mass is 14.3. The molecule has 0 heterocycles. The Morgan fingerprint density at radius 2 is 1.13 bits per heavy atom. The maximum Gasteiger partial charge on any atom is -0.0386 e. The topological polar surface area (TPSA) is 0 Å². The molecule has 2 rings (SSSR count). The predicted molar refractivity (Wildman–Crippen MR) is 71.1 cm³/mol. The second-order valence-corrected chi connectivity index (χ2v) is 4.50. The summed E-state index contributed by atoms with van der Waals surface area (Å²) >= 11 is 0. The first-order chi connectivity index (χ1) is 7.38. The zero-order valence-corrected chi connectivity index (χ0v) is 11.1. The number of allylic oxidation sites excluding steroid dienone is 1. The fourth-order valence-electron chi connectivity index (χ4n) is 2.86. The maximum atomic E-state index is 3.36. The van der Waals surface area contributed by atoms with Gasteiger partial charge >= 0.3 is 0 Å². The minimum absolute atomic E-state index is 1.16. The number of rotatable bonds is 0. The first kappa shape index (κ1) is 14.7. The molecule has 0 nitrogen and oxygen atoms in total. The van der Waals surface area contributed by atoms with Crippen molar-refractivity contribution in [3.8, 4) is 0 Å². The van der Waals surface area contributed by atoms with Gasteiger partial charge in [0, 0.05) is 0 Å². The van der Waals surface area contributed by atoms with Gasteiger partial charge in [0.15, 0.2) is 0 Å². The van der Waals surface area contributed by atoms with E-state index in [1.807, 2.05) is 20.8 Å². The van der Waals surface area contributed by atoms with Gasteiger partial charge < -0.3 is 0 Å². The molecule has 0 amide bonds. The van der Waals surface area contributed by atoms with Crippen LogP contribution in [0.5, 0.6) is 0 Å². The molecule has 0 aliphatic heterocycles. The lowest BCUT2D eigenvalue weighted by molar-refractivity contribution is 0.367. The van der Waals surface area contributed by atoms with E-state index in [4.69, 9.17) is 0 Å². The highest BCUT2D eigenvalue weighted by Crippen LogP contribution is 2.40. The second-order valence-electron chi connectivity index (χ2n) is 4.50. The fraction of sp³-hybridized carbons (Fsp3) is 0.867. The molecule has 0 saturated heterocycles. The maximum absolute atomic E-state index is 3.36. The normalized spacial score (nSPS) is 28.5. The molecule has 0 aromatic heterocycles. The average Bonchev–Trinajstić information content (AvgIpc) is 2.60. The van der Waals surface area contributed by atoms with Gasteiger partial charge in [0.1, 0.15) is 0 Å². The van der Waals surface area contributed by atoms with Gasteiger partial charge in [-0.25, -0.2) is 0 Å². The molecule has 0 N–H and O–H groups in total. The average molecular weight is 210 g/mol. The summed E-state index contributed by atoms with van der Waals surface area (Å²) < 4.78 is 0. The lowest BCUT2D eigenvalue weighted by Crippen LogP contribution is -2.04. The van der Waals surface area contributed by atoms with Crippen LogP contribution in [0, 0.1) is 11.8 Å². The number of hydrogen-bond donors (Lipinski definition) is 0. The Morgan fingerprint density at radius 3 is 1.53 bits per heavy atom. The molecule has 90 valence electrons. The summed E-state index contributed by atoms with van der Waals surface area (Å²) in [7, 11) is 0. The Bertz CT molecular complexity index is 125. The van der Waals surface area contributed by atoms with Crippen LogP contribution in [-0.4, -0.2) is 0 Å². The van der Waals surface area contributed by atoms with E-state index in [1.54, 1.807) is 31.8 Å². The summed E-state index contributed by atoms with van der Waals surface area (Å²) in [6.07, 6.45) is 14.1. The van der Waals surface area contributed by atoms with Crippen LogP contribution in [0.25, 0.3) is 0 Å². The van der Waals surface area contributed by atoms with Crippen LogP contribution in [0.15, 0.2) is 12.7 Å². The monoisotopic (exact) mass is 210 g/mol. The van der Waals surface area contributed by atoms with Crippen molar-refractivity contribution in [3.63, 3.8) is 0 Å². The predicted octanol–water partition coefficient (Wildman–Crippen LogP) is 5.59. The van der Waals surface area contributed by atoms with Crippen LogP contribution >= 0.6 is 0 Å². The van der Waals surface area contributed by atoms with Gasteiger partial charge in [-0.15, -0.1) is 6.58 Å². The van der Waals surface area contributed by atoms with Gasteiger partial charge in [0.05, 0.1) is 0 Å². The van der Waals surface area contributed by atoms with E-state index in [-0.39, 0.29) is 0 Å². The Kier molecular flexibility index (Phi) is 10.1. The fourth-order valence-corrected chi connectivity index (χ4v) is 2.86. The van der Waals surface area contributed by atoms with Gasteiger partial charge in [-0.3, -0.25) is 0 Å². The summed E-state index contributed by atoms with van der Waals surface area (Å²) in [5.74, 6) is 2.31. The van der Waals surface area contributed by atoms with Crippen molar-refractivity contribution in [1.29, 1.82) is 0 Å². The second kappa shape index (κ2) is 10.3. The molecule has 15 heavy (non-hydrogen) atoms. The summed E-state index contributed by atoms with van der Waals surface area (Å²) in [6.45, 7) is 9.25. The summed E-state index contributed by atoms with van der Waals surface area (Å²) in [6, 6.07) is 0. The zero-order chi connectivity index (χ0) is 11.5. The van der Waals surface area contributed by atoms with Crippen molar-refractivity contribution < 1.29 is 0 Å². The minimum atomic E-state index is 1.16. The Morgan fingerprint density at radius 1 is 0.800 bits per heavy atom. The van der Waals surface area contributed by atoms with E-state index in [9.17, 15) is 0 Å². The van der Waals surface area contributed by atoms with Crippen LogP contribution < -0.4 is 0 Å². The van der Waals surface area contributed by atoms with Gasteiger partial charge in [0.25, 0.3) is 0 Å². The molecule has 2 fully saturated rings. The summed E-state index contributed by atoms with van der Waals surface area (Å²) in [5.41, 5.74) is 0. The van der Waals surface area contributed by atoms with Gasteiger partial charge in [-0.05, 0) is 18.8 Å². The molecule has 0 radical (unpaired) electrons. The van der Waals surface area contributed by atoms with Gasteiger partial charge in [-0.1, -0.05) is 71.3 Å². The van der Waals surface area contributed by atoms with Crippen LogP contribution in [0.4, 0.5) is 0 Å². The molecular weight excluding hydrogens is 180 g/mol. The lowest BCUT2D eigenvalue weighted by atomic mass is 9.92. The third-order valence-corrected chi connectivity index (χ3v) is 3.47. The lowest BCUT2D eigenvalue weighted by Gasteiger charge is -2.14. The minimum Gasteiger partial charge on any atom is -0.103 e. The van der Waals surface area contributed by atoms with E-state index < -0.39 is 0 Å². The van der Waals surface area contributed by atoms with E-state index in [0.29, 0.717) is 0 Å². The number of hydrogen-bond acceptors (Lipinski definition) is 0. The molecule has 0 spiro atoms. The highest BCUT2D eigenvalue weighted by molar-refractivity contribution is 4.79. The molecule has 0 aromatic rings. The third-order valence-electron chi connectivity index (χ3n) is 3.47. The van der Waals surface area contributed by atoms with Gasteiger partial charge in [0.2, 0.25) is 0 Å². The number of fused-ring (bicyclic) bond motifs is 1. The first-order valence-electron chi connectivity index (χ1n) is 6.95. The summed E-state index contributed by atoms with van der Waals surface area (Å²) in [5, 5.41) is 0. The Balaban J connectivity index is 0.000000342. The van der Waals surface area contributed by atoms with Crippen molar-refractivity contribution >= 4 is 0 Å². The quantitative estimate of drug-likeness (QED) is 0.457. The molecule has 2 saturated carbocycles. The van der Waals surface area contributed by atoms with E-state index in [2.05, 4.69) is 6.58 Å². The molecule has 0 heteroatoms. The molecular formula is C15H30. The van der Waals surface area contributed by atoms with Crippen LogP contribution in [-0.2, 0) is 0 Å². The van der Waals surface area contributed by atoms with E-state index in [1.165, 1.54) is 25.7 Å².